The van der Waals surface area contributed by atoms with Crippen LogP contribution in [0.4, 0.5) is 14.6 Å². The molecule has 1 fully saturated rings. The van der Waals surface area contributed by atoms with E-state index in [1.807, 2.05) is 0 Å². The highest BCUT2D eigenvalue weighted by Gasteiger charge is 2.32. The number of halogens is 2. The molecular formula is C25H29F2N7O3. The number of likely N-dealkylation sites (tertiary alicyclic amines) is 1. The predicted octanol–water partition coefficient (Wildman–Crippen LogP) is 1.44. The number of pyridine rings is 1. The maximum atomic E-state index is 15.0. The van der Waals surface area contributed by atoms with E-state index in [9.17, 15) is 23.5 Å². The number of rotatable bonds is 10. The fraction of sp³-hybridized carbons (Fsp3) is 0.360. The summed E-state index contributed by atoms with van der Waals surface area (Å²) in [4.78, 5) is 31.5. The van der Waals surface area contributed by atoms with Crippen LogP contribution in [-0.2, 0) is 11.2 Å². The zero-order valence-corrected chi connectivity index (χ0v) is 20.1. The van der Waals surface area contributed by atoms with Crippen molar-refractivity contribution < 1.29 is 23.5 Å². The van der Waals surface area contributed by atoms with Gasteiger partial charge in [-0.15, -0.1) is 0 Å². The molecule has 0 bridgehead atoms. The second-order valence-corrected chi connectivity index (χ2v) is 8.84. The van der Waals surface area contributed by atoms with Crippen LogP contribution in [0.3, 0.4) is 0 Å². The Balaban J connectivity index is 1.50. The molecule has 12 heteroatoms. The highest BCUT2D eigenvalue weighted by atomic mass is 19.1. The average Bonchev–Trinajstić information content (AvgIpc) is 3.59. The minimum atomic E-state index is -1.01. The van der Waals surface area contributed by atoms with E-state index in [1.165, 1.54) is 24.5 Å². The molecule has 0 radical (unpaired) electrons. The summed E-state index contributed by atoms with van der Waals surface area (Å²) in [6.45, 7) is 0.469. The number of nitrogens with zero attached hydrogens (tertiary/aromatic N) is 3. The monoisotopic (exact) mass is 513 g/mol. The molecular weight excluding hydrogens is 484 g/mol. The van der Waals surface area contributed by atoms with Crippen molar-refractivity contribution in [3.8, 4) is 11.3 Å². The van der Waals surface area contributed by atoms with Crippen LogP contribution in [-0.4, -0.2) is 75.3 Å². The Hall–Kier alpha value is -3.90. The minimum Gasteiger partial charge on any atom is -0.394 e. The van der Waals surface area contributed by atoms with Crippen molar-refractivity contribution in [2.75, 3.05) is 31.6 Å². The SMILES string of the molecule is N[C@@H](CO)C(=O)N1CCC[C@@H]1CNC(=O)c1cc(F)c(-c2cn[nH]c2)nc1NCCc1cccc(F)c1. The van der Waals surface area contributed by atoms with Crippen molar-refractivity contribution >= 4 is 17.6 Å². The smallest absolute Gasteiger partial charge is 0.255 e. The van der Waals surface area contributed by atoms with E-state index < -0.39 is 24.4 Å². The largest absolute Gasteiger partial charge is 0.394 e. The van der Waals surface area contributed by atoms with Gasteiger partial charge in [0, 0.05) is 37.4 Å². The first-order valence-corrected chi connectivity index (χ1v) is 12.0. The number of carbonyl (C=O) groups is 2. The summed E-state index contributed by atoms with van der Waals surface area (Å²) in [6, 6.07) is 5.97. The maximum absolute atomic E-state index is 15.0. The number of amides is 2. The predicted molar refractivity (Wildman–Crippen MR) is 132 cm³/mol. The van der Waals surface area contributed by atoms with E-state index in [0.29, 0.717) is 31.5 Å². The molecule has 37 heavy (non-hydrogen) atoms. The van der Waals surface area contributed by atoms with Gasteiger partial charge in [-0.2, -0.15) is 5.10 Å². The normalized spacial score (nSPS) is 16.0. The lowest BCUT2D eigenvalue weighted by molar-refractivity contribution is -0.134. The van der Waals surface area contributed by atoms with Crippen molar-refractivity contribution in [3.63, 3.8) is 0 Å². The number of hydrogen-bond donors (Lipinski definition) is 5. The number of carbonyl (C=O) groups excluding carboxylic acids is 2. The zero-order chi connectivity index (χ0) is 26.4. The molecule has 0 spiro atoms. The van der Waals surface area contributed by atoms with Gasteiger partial charge in [-0.3, -0.25) is 14.7 Å². The van der Waals surface area contributed by atoms with Crippen LogP contribution >= 0.6 is 0 Å². The first-order chi connectivity index (χ1) is 17.9. The van der Waals surface area contributed by atoms with Crippen LogP contribution < -0.4 is 16.4 Å². The van der Waals surface area contributed by atoms with Gasteiger partial charge in [-0.1, -0.05) is 12.1 Å². The third-order valence-corrected chi connectivity index (χ3v) is 6.26. The lowest BCUT2D eigenvalue weighted by atomic mass is 10.1. The second-order valence-electron chi connectivity index (χ2n) is 8.84. The first kappa shape index (κ1) is 26.2. The van der Waals surface area contributed by atoms with Crippen molar-refractivity contribution in [1.82, 2.24) is 25.4 Å². The Labute approximate surface area is 212 Å². The van der Waals surface area contributed by atoms with E-state index >= 15 is 0 Å². The van der Waals surface area contributed by atoms with Crippen LogP contribution in [0, 0.1) is 11.6 Å². The number of anilines is 1. The molecule has 0 aliphatic carbocycles. The van der Waals surface area contributed by atoms with Crippen LogP contribution in [0.5, 0.6) is 0 Å². The second kappa shape index (κ2) is 11.9. The van der Waals surface area contributed by atoms with Crippen molar-refractivity contribution in [1.29, 1.82) is 0 Å². The number of aromatic amines is 1. The molecule has 2 amide bonds. The van der Waals surface area contributed by atoms with Gasteiger partial charge >= 0.3 is 0 Å². The number of benzene rings is 1. The fourth-order valence-corrected chi connectivity index (χ4v) is 4.33. The standard InChI is InChI=1S/C25H29F2N7O3/c26-17-4-1-3-15(9-17)6-7-29-23-19(10-20(27)22(33-23)16-11-31-32-12-16)24(36)30-13-18-5-2-8-34(18)25(37)21(28)14-35/h1,3-4,9-12,18,21,35H,2,5-8,13-14,28H2,(H,29,33)(H,30,36)(H,31,32)/t18-,21+/m1/s1. The molecule has 1 aromatic carbocycles. The maximum Gasteiger partial charge on any atom is 0.255 e. The summed E-state index contributed by atoms with van der Waals surface area (Å²) in [5.41, 5.74) is 6.86. The topological polar surface area (TPSA) is 149 Å². The molecule has 3 aromatic rings. The summed E-state index contributed by atoms with van der Waals surface area (Å²) in [6.07, 6.45) is 4.76. The highest BCUT2D eigenvalue weighted by Crippen LogP contribution is 2.25. The van der Waals surface area contributed by atoms with Gasteiger partial charge in [0.25, 0.3) is 5.91 Å². The van der Waals surface area contributed by atoms with Gasteiger partial charge in [0.1, 0.15) is 23.4 Å². The number of H-pyrrole nitrogens is 1. The molecule has 1 aliphatic heterocycles. The lowest BCUT2D eigenvalue weighted by Gasteiger charge is -2.27. The molecule has 1 aliphatic rings. The van der Waals surface area contributed by atoms with Crippen LogP contribution in [0.1, 0.15) is 28.8 Å². The third kappa shape index (κ3) is 6.27. The fourth-order valence-electron chi connectivity index (χ4n) is 4.33. The van der Waals surface area contributed by atoms with Crippen LogP contribution in [0.2, 0.25) is 0 Å². The Morgan fingerprint density at radius 3 is 2.86 bits per heavy atom. The summed E-state index contributed by atoms with van der Waals surface area (Å²) in [7, 11) is 0. The van der Waals surface area contributed by atoms with Crippen molar-refractivity contribution in [2.45, 2.75) is 31.3 Å². The highest BCUT2D eigenvalue weighted by molar-refractivity contribution is 5.99. The van der Waals surface area contributed by atoms with Gasteiger partial charge in [-0.05, 0) is 43.0 Å². The molecule has 1 saturated heterocycles. The van der Waals surface area contributed by atoms with Crippen LogP contribution in [0.15, 0.2) is 42.7 Å². The van der Waals surface area contributed by atoms with E-state index in [1.54, 1.807) is 17.0 Å². The Morgan fingerprint density at radius 1 is 1.30 bits per heavy atom. The summed E-state index contributed by atoms with van der Waals surface area (Å²) >= 11 is 0. The van der Waals surface area contributed by atoms with Crippen molar-refractivity contribution in [2.24, 2.45) is 5.73 Å². The van der Waals surface area contributed by atoms with Crippen molar-refractivity contribution in [3.05, 3.63) is 65.5 Å². The Morgan fingerprint density at radius 2 is 2.14 bits per heavy atom. The summed E-state index contributed by atoms with van der Waals surface area (Å²) in [5.74, 6) is -1.83. The van der Waals surface area contributed by atoms with Gasteiger partial charge in [0.2, 0.25) is 5.91 Å². The number of aromatic nitrogens is 3. The molecule has 10 nitrogen and oxygen atoms in total. The van der Waals surface area contributed by atoms with Crippen LogP contribution in [0.25, 0.3) is 11.3 Å². The molecule has 6 N–H and O–H groups in total. The molecule has 196 valence electrons. The Bertz CT molecular complexity index is 1240. The van der Waals surface area contributed by atoms with E-state index in [2.05, 4.69) is 25.8 Å². The zero-order valence-electron chi connectivity index (χ0n) is 20.1. The van der Waals surface area contributed by atoms with Gasteiger partial charge in [-0.25, -0.2) is 13.8 Å². The number of nitrogens with two attached hydrogens (primary N) is 1. The van der Waals surface area contributed by atoms with E-state index in [-0.39, 0.29) is 41.4 Å². The molecule has 2 aromatic heterocycles. The number of aliphatic hydroxyl groups is 1. The minimum absolute atomic E-state index is 0.00748. The quantitative estimate of drug-likeness (QED) is 0.275. The third-order valence-electron chi connectivity index (χ3n) is 6.26. The molecule has 2 atom stereocenters. The molecule has 0 saturated carbocycles. The molecule has 3 heterocycles. The number of aliphatic hydroxyl groups excluding tert-OH is 1. The number of nitrogens with one attached hydrogen (secondary N) is 3. The average molecular weight is 514 g/mol. The summed E-state index contributed by atoms with van der Waals surface area (Å²) in [5, 5.41) is 21.5. The van der Waals surface area contributed by atoms with E-state index in [0.717, 1.165) is 18.1 Å². The van der Waals surface area contributed by atoms with E-state index in [4.69, 9.17) is 5.73 Å². The van der Waals surface area contributed by atoms with Gasteiger partial charge < -0.3 is 26.4 Å². The van der Waals surface area contributed by atoms with Gasteiger partial charge in [0.15, 0.2) is 5.82 Å². The Kier molecular flexibility index (Phi) is 8.41. The summed E-state index contributed by atoms with van der Waals surface area (Å²) < 4.78 is 28.5. The van der Waals surface area contributed by atoms with Gasteiger partial charge in [0.05, 0.1) is 18.4 Å². The molecule has 4 rings (SSSR count). The first-order valence-electron chi connectivity index (χ1n) is 12.0. The number of hydrogen-bond acceptors (Lipinski definition) is 7. The molecule has 0 unspecified atom stereocenters. The lowest BCUT2D eigenvalue weighted by Crippen LogP contribution is -2.50.